The van der Waals surface area contributed by atoms with Crippen LogP contribution in [0.3, 0.4) is 0 Å². The molecule has 0 aromatic carbocycles. The van der Waals surface area contributed by atoms with Crippen molar-refractivity contribution < 1.29 is 20.4 Å². The summed E-state index contributed by atoms with van der Waals surface area (Å²) in [7, 11) is -0.531. The van der Waals surface area contributed by atoms with Gasteiger partial charge in [0.05, 0.1) is 8.15 Å². The molecule has 0 aromatic heterocycles. The normalized spacial score (nSPS) is 12.3. The molecule has 0 rings (SSSR count). The molecule has 10 heavy (non-hydrogen) atoms. The molecular formula is C5H15O4P. The third kappa shape index (κ3) is 6.39. The predicted octanol–water partition coefficient (Wildman–Crippen LogP) is 1.41. The highest BCUT2D eigenvalue weighted by molar-refractivity contribution is 7.52. The van der Waals surface area contributed by atoms with Gasteiger partial charge < -0.3 is 5.48 Å². The van der Waals surface area contributed by atoms with E-state index in [0.29, 0.717) is 0 Å². The van der Waals surface area contributed by atoms with Gasteiger partial charge in [-0.25, -0.2) is 5.26 Å². The van der Waals surface area contributed by atoms with E-state index < -0.39 is 8.15 Å². The fraction of sp³-hybridized carbons (Fsp3) is 1.00. The summed E-state index contributed by atoms with van der Waals surface area (Å²) in [5, 5.41) is 11.5. The van der Waals surface area contributed by atoms with Crippen LogP contribution in [0.4, 0.5) is 0 Å². The van der Waals surface area contributed by atoms with Crippen LogP contribution in [0.15, 0.2) is 0 Å². The molecule has 0 aliphatic rings. The Kier molecular flexibility index (Phi) is 12.0. The van der Waals surface area contributed by atoms with Gasteiger partial charge in [0.1, 0.15) is 0 Å². The van der Waals surface area contributed by atoms with E-state index >= 15 is 0 Å². The van der Waals surface area contributed by atoms with Crippen LogP contribution >= 0.6 is 8.15 Å². The maximum Gasteiger partial charge on any atom is 0.0740 e. The highest BCUT2D eigenvalue weighted by Crippen LogP contribution is 2.36. The molecule has 1 atom stereocenters. The average molecular weight is 170 g/mol. The molecule has 1 unspecified atom stereocenters. The molecule has 4 nitrogen and oxygen atoms in total. The summed E-state index contributed by atoms with van der Waals surface area (Å²) >= 11 is 0. The van der Waals surface area contributed by atoms with Crippen molar-refractivity contribution in [2.75, 3.05) is 12.3 Å². The second-order valence-corrected chi connectivity index (χ2v) is 3.86. The van der Waals surface area contributed by atoms with Gasteiger partial charge >= 0.3 is 0 Å². The molecule has 0 heterocycles. The van der Waals surface area contributed by atoms with Crippen LogP contribution in [0, 0.1) is 0 Å². The molecule has 0 radical (unpaired) electrons. The number of hydrogen-bond acceptors (Lipinski definition) is 3. The van der Waals surface area contributed by atoms with Gasteiger partial charge in [-0.15, -0.1) is 0 Å². The van der Waals surface area contributed by atoms with E-state index in [0.717, 1.165) is 18.7 Å². The summed E-state index contributed by atoms with van der Waals surface area (Å²) in [6, 6.07) is 0. The summed E-state index contributed by atoms with van der Waals surface area (Å²) in [5.41, 5.74) is 0. The van der Waals surface area contributed by atoms with Crippen LogP contribution in [0.25, 0.3) is 0 Å². The topological polar surface area (TPSA) is 70.2 Å². The monoisotopic (exact) mass is 170 g/mol. The lowest BCUT2D eigenvalue weighted by atomic mass is 10.6. The molecule has 0 bridgehead atoms. The van der Waals surface area contributed by atoms with Crippen LogP contribution in [0.1, 0.15) is 20.3 Å². The molecule has 3 N–H and O–H groups in total. The minimum Gasteiger partial charge on any atom is -0.412 e. The van der Waals surface area contributed by atoms with Crippen molar-refractivity contribution in [3.8, 4) is 0 Å². The molecule has 0 saturated carbocycles. The Labute approximate surface area is 62.1 Å². The minimum atomic E-state index is -0.531. The van der Waals surface area contributed by atoms with Gasteiger partial charge in [0.25, 0.3) is 0 Å². The molecule has 5 heteroatoms. The highest BCUT2D eigenvalue weighted by atomic mass is 31.1. The summed E-state index contributed by atoms with van der Waals surface area (Å²) in [6.45, 7) is 4.09. The average Bonchev–Trinajstić information content (AvgIpc) is 1.88. The molecule has 0 aromatic rings. The molecule has 64 valence electrons. The maximum atomic E-state index is 7.89. The fourth-order valence-corrected chi connectivity index (χ4v) is 1.63. The number of rotatable bonds is 5. The van der Waals surface area contributed by atoms with Crippen LogP contribution in [-0.4, -0.2) is 23.1 Å². The standard InChI is InChI=1S/C5H13O3P.H2O/c1-3-5-9(4-2)8-7-6;/h6H,3-5H2,1-2H3;1H2. The van der Waals surface area contributed by atoms with Crippen LogP contribution in [0.5, 0.6) is 0 Å². The van der Waals surface area contributed by atoms with Crippen LogP contribution < -0.4 is 0 Å². The minimum absolute atomic E-state index is 0. The molecule has 0 aliphatic heterocycles. The molecule has 0 spiro atoms. The zero-order chi connectivity index (χ0) is 7.11. The predicted molar refractivity (Wildman–Crippen MR) is 41.0 cm³/mol. The van der Waals surface area contributed by atoms with E-state index in [9.17, 15) is 0 Å². The van der Waals surface area contributed by atoms with E-state index in [1.807, 2.05) is 6.92 Å². The molecule has 0 amide bonds. The van der Waals surface area contributed by atoms with E-state index in [2.05, 4.69) is 16.6 Å². The van der Waals surface area contributed by atoms with Crippen molar-refractivity contribution in [2.45, 2.75) is 20.3 Å². The highest BCUT2D eigenvalue weighted by Gasteiger charge is 2.04. The third-order valence-corrected chi connectivity index (χ3v) is 2.89. The quantitative estimate of drug-likeness (QED) is 0.385. The first-order chi connectivity index (χ1) is 4.35. The maximum absolute atomic E-state index is 7.89. The van der Waals surface area contributed by atoms with Gasteiger partial charge in [0, 0.05) is 0 Å². The van der Waals surface area contributed by atoms with Crippen molar-refractivity contribution in [1.82, 2.24) is 0 Å². The van der Waals surface area contributed by atoms with Gasteiger partial charge in [-0.1, -0.05) is 18.9 Å². The lowest BCUT2D eigenvalue weighted by molar-refractivity contribution is -0.437. The first kappa shape index (κ1) is 12.9. The van der Waals surface area contributed by atoms with Crippen LogP contribution in [-0.2, 0) is 9.71 Å². The molecule has 0 aliphatic carbocycles. The van der Waals surface area contributed by atoms with Crippen molar-refractivity contribution in [3.63, 3.8) is 0 Å². The first-order valence-electron chi connectivity index (χ1n) is 3.08. The molecule has 0 fully saturated rings. The van der Waals surface area contributed by atoms with Crippen molar-refractivity contribution in [3.05, 3.63) is 0 Å². The zero-order valence-electron chi connectivity index (χ0n) is 6.33. The molecular weight excluding hydrogens is 155 g/mol. The largest absolute Gasteiger partial charge is 0.412 e. The number of hydrogen-bond donors (Lipinski definition) is 1. The third-order valence-electron chi connectivity index (χ3n) is 0.964. The van der Waals surface area contributed by atoms with E-state index in [4.69, 9.17) is 5.26 Å². The Balaban J connectivity index is 0. The SMILES string of the molecule is CCCP(CC)OOO.O. The zero-order valence-corrected chi connectivity index (χ0v) is 7.23. The van der Waals surface area contributed by atoms with Gasteiger partial charge in [-0.2, -0.15) is 4.67 Å². The van der Waals surface area contributed by atoms with Crippen LogP contribution in [0.2, 0.25) is 0 Å². The second-order valence-electron chi connectivity index (χ2n) is 1.67. The van der Waals surface area contributed by atoms with E-state index in [1.165, 1.54) is 0 Å². The van der Waals surface area contributed by atoms with Crippen molar-refractivity contribution >= 4 is 8.15 Å². The Morgan fingerprint density at radius 3 is 2.30 bits per heavy atom. The van der Waals surface area contributed by atoms with Gasteiger partial charge in [0.15, 0.2) is 0 Å². The lowest BCUT2D eigenvalue weighted by Gasteiger charge is -2.08. The Morgan fingerprint density at radius 2 is 2.00 bits per heavy atom. The first-order valence-corrected chi connectivity index (χ1v) is 4.71. The Hall–Kier alpha value is 0.270. The summed E-state index contributed by atoms with van der Waals surface area (Å²) in [4.78, 5) is 0. The van der Waals surface area contributed by atoms with Crippen molar-refractivity contribution in [2.24, 2.45) is 0 Å². The summed E-state index contributed by atoms with van der Waals surface area (Å²) in [5.74, 6) is 0. The molecule has 0 saturated heterocycles. The van der Waals surface area contributed by atoms with Gasteiger partial charge in [-0.3, -0.25) is 0 Å². The van der Waals surface area contributed by atoms with E-state index in [-0.39, 0.29) is 5.48 Å². The summed E-state index contributed by atoms with van der Waals surface area (Å²) in [6.07, 6.45) is 3.00. The Bertz CT molecular complexity index is 55.6. The van der Waals surface area contributed by atoms with Gasteiger partial charge in [0.2, 0.25) is 0 Å². The lowest BCUT2D eigenvalue weighted by Crippen LogP contribution is -1.90. The summed E-state index contributed by atoms with van der Waals surface area (Å²) < 4.78 is 4.55. The second kappa shape index (κ2) is 9.27. The van der Waals surface area contributed by atoms with Crippen molar-refractivity contribution in [1.29, 1.82) is 0 Å². The Morgan fingerprint density at radius 1 is 1.40 bits per heavy atom. The smallest absolute Gasteiger partial charge is 0.0740 e. The fourth-order valence-electron chi connectivity index (χ4n) is 0.545. The van der Waals surface area contributed by atoms with Gasteiger partial charge in [-0.05, 0) is 18.7 Å². The van der Waals surface area contributed by atoms with E-state index in [1.54, 1.807) is 0 Å².